The van der Waals surface area contributed by atoms with Crippen molar-refractivity contribution in [2.24, 2.45) is 0 Å². The Labute approximate surface area is 115 Å². The summed E-state index contributed by atoms with van der Waals surface area (Å²) in [5.74, 6) is 0.257. The molecule has 0 bridgehead atoms. The minimum absolute atomic E-state index is 0.257. The van der Waals surface area contributed by atoms with Gasteiger partial charge in [-0.25, -0.2) is 4.98 Å². The summed E-state index contributed by atoms with van der Waals surface area (Å²) >= 11 is 1.56. The lowest BCUT2D eigenvalue weighted by Crippen LogP contribution is -1.91. The Bertz CT molecular complexity index is 702. The fraction of sp³-hybridized carbons (Fsp3) is 0.143. The normalized spacial score (nSPS) is 10.8. The topological polar surface area (TPSA) is 50.9 Å². The summed E-state index contributed by atoms with van der Waals surface area (Å²) in [6.07, 6.45) is 3.81. The van der Waals surface area contributed by atoms with Crippen LogP contribution in [0.5, 0.6) is 5.75 Å². The molecule has 0 atom stereocenters. The molecular formula is C14H13N3OS. The van der Waals surface area contributed by atoms with Crippen molar-refractivity contribution in [3.8, 4) is 27.6 Å². The van der Waals surface area contributed by atoms with E-state index in [2.05, 4.69) is 17.0 Å². The van der Waals surface area contributed by atoms with E-state index in [0.29, 0.717) is 0 Å². The SMILES string of the molecule is CCn1cc(-c2csc(-c3cccc(O)c3)n2)cn1. The van der Waals surface area contributed by atoms with Crippen LogP contribution in [0.4, 0.5) is 0 Å². The molecule has 2 aromatic heterocycles. The zero-order chi connectivity index (χ0) is 13.2. The third-order valence-corrected chi connectivity index (χ3v) is 3.74. The molecule has 3 aromatic rings. The summed E-state index contributed by atoms with van der Waals surface area (Å²) in [6.45, 7) is 2.90. The molecule has 0 spiro atoms. The predicted molar refractivity (Wildman–Crippen MR) is 76.1 cm³/mol. The third kappa shape index (κ3) is 2.37. The maximum absolute atomic E-state index is 9.50. The van der Waals surface area contributed by atoms with Gasteiger partial charge >= 0.3 is 0 Å². The molecule has 5 heteroatoms. The summed E-state index contributed by atoms with van der Waals surface area (Å²) < 4.78 is 1.88. The van der Waals surface area contributed by atoms with Crippen LogP contribution in [-0.2, 0) is 6.54 Å². The number of thiazole rings is 1. The number of rotatable bonds is 3. The molecule has 0 fully saturated rings. The van der Waals surface area contributed by atoms with Gasteiger partial charge in [-0.2, -0.15) is 5.10 Å². The monoisotopic (exact) mass is 271 g/mol. The number of aromatic nitrogens is 3. The van der Waals surface area contributed by atoms with E-state index < -0.39 is 0 Å². The second-order valence-electron chi connectivity index (χ2n) is 4.17. The molecule has 4 nitrogen and oxygen atoms in total. The van der Waals surface area contributed by atoms with Crippen LogP contribution < -0.4 is 0 Å². The average molecular weight is 271 g/mol. The Balaban J connectivity index is 1.95. The first-order valence-electron chi connectivity index (χ1n) is 6.04. The lowest BCUT2D eigenvalue weighted by atomic mass is 10.2. The Hall–Kier alpha value is -2.14. The molecular weight excluding hydrogens is 258 g/mol. The lowest BCUT2D eigenvalue weighted by Gasteiger charge is -1.96. The van der Waals surface area contributed by atoms with Crippen LogP contribution in [0.25, 0.3) is 21.8 Å². The summed E-state index contributed by atoms with van der Waals surface area (Å²) in [5.41, 5.74) is 2.87. The van der Waals surface area contributed by atoms with E-state index in [1.54, 1.807) is 23.5 Å². The fourth-order valence-corrected chi connectivity index (χ4v) is 2.67. The van der Waals surface area contributed by atoms with Gasteiger partial charge < -0.3 is 5.11 Å². The summed E-state index contributed by atoms with van der Waals surface area (Å²) in [4.78, 5) is 4.59. The van der Waals surface area contributed by atoms with E-state index in [9.17, 15) is 5.11 Å². The summed E-state index contributed by atoms with van der Waals surface area (Å²) in [6, 6.07) is 7.14. The largest absolute Gasteiger partial charge is 0.508 e. The van der Waals surface area contributed by atoms with Crippen molar-refractivity contribution in [2.75, 3.05) is 0 Å². The van der Waals surface area contributed by atoms with Gasteiger partial charge in [-0.3, -0.25) is 4.68 Å². The smallest absolute Gasteiger partial charge is 0.124 e. The van der Waals surface area contributed by atoms with Gasteiger partial charge in [0.25, 0.3) is 0 Å². The van der Waals surface area contributed by atoms with Crippen LogP contribution >= 0.6 is 11.3 Å². The highest BCUT2D eigenvalue weighted by Crippen LogP contribution is 2.30. The number of nitrogens with zero attached hydrogens (tertiary/aromatic N) is 3. The maximum atomic E-state index is 9.50. The molecule has 0 saturated carbocycles. The first kappa shape index (κ1) is 11.9. The van der Waals surface area contributed by atoms with Gasteiger partial charge in [0.15, 0.2) is 0 Å². The van der Waals surface area contributed by atoms with E-state index >= 15 is 0 Å². The van der Waals surface area contributed by atoms with Crippen molar-refractivity contribution in [2.45, 2.75) is 13.5 Å². The second-order valence-corrected chi connectivity index (χ2v) is 5.03. The molecule has 0 amide bonds. The van der Waals surface area contributed by atoms with E-state index in [-0.39, 0.29) is 5.75 Å². The first-order valence-corrected chi connectivity index (χ1v) is 6.92. The minimum Gasteiger partial charge on any atom is -0.508 e. The van der Waals surface area contributed by atoms with Crippen LogP contribution in [-0.4, -0.2) is 19.9 Å². The van der Waals surface area contributed by atoms with Crippen LogP contribution in [0.15, 0.2) is 42.0 Å². The fourth-order valence-electron chi connectivity index (χ4n) is 1.85. The molecule has 96 valence electrons. The average Bonchev–Trinajstić information content (AvgIpc) is 3.07. The standard InChI is InChI=1S/C14H13N3OS/c1-2-17-8-11(7-15-17)13-9-19-14(16-13)10-4-3-5-12(18)6-10/h3-9,18H,2H2,1H3. The molecule has 1 N–H and O–H groups in total. The van der Waals surface area contributed by atoms with Crippen molar-refractivity contribution < 1.29 is 5.11 Å². The maximum Gasteiger partial charge on any atom is 0.124 e. The van der Waals surface area contributed by atoms with Crippen molar-refractivity contribution in [1.82, 2.24) is 14.8 Å². The predicted octanol–water partition coefficient (Wildman–Crippen LogP) is 3.40. The number of aryl methyl sites for hydroxylation is 1. The van der Waals surface area contributed by atoms with Gasteiger partial charge in [-0.1, -0.05) is 12.1 Å². The Morgan fingerprint density at radius 3 is 2.95 bits per heavy atom. The highest BCUT2D eigenvalue weighted by molar-refractivity contribution is 7.13. The number of benzene rings is 1. The van der Waals surface area contributed by atoms with Gasteiger partial charge in [0.2, 0.25) is 0 Å². The van der Waals surface area contributed by atoms with Gasteiger partial charge in [-0.05, 0) is 19.1 Å². The van der Waals surface area contributed by atoms with Crippen LogP contribution in [0.1, 0.15) is 6.92 Å². The van der Waals surface area contributed by atoms with Crippen LogP contribution in [0.2, 0.25) is 0 Å². The Morgan fingerprint density at radius 2 is 2.21 bits per heavy atom. The van der Waals surface area contributed by atoms with Gasteiger partial charge in [0, 0.05) is 29.2 Å². The Morgan fingerprint density at radius 1 is 1.32 bits per heavy atom. The summed E-state index contributed by atoms with van der Waals surface area (Å²) in [5, 5.41) is 16.7. The molecule has 1 aromatic carbocycles. The van der Waals surface area contributed by atoms with E-state index in [4.69, 9.17) is 0 Å². The van der Waals surface area contributed by atoms with Crippen molar-refractivity contribution >= 4 is 11.3 Å². The second kappa shape index (κ2) is 4.85. The van der Waals surface area contributed by atoms with E-state index in [1.807, 2.05) is 34.6 Å². The zero-order valence-electron chi connectivity index (χ0n) is 10.4. The molecule has 3 rings (SSSR count). The summed E-state index contributed by atoms with van der Waals surface area (Å²) in [7, 11) is 0. The van der Waals surface area contributed by atoms with Gasteiger partial charge in [0.05, 0.1) is 11.9 Å². The zero-order valence-corrected chi connectivity index (χ0v) is 11.3. The molecule has 0 aliphatic rings. The lowest BCUT2D eigenvalue weighted by molar-refractivity contribution is 0.475. The van der Waals surface area contributed by atoms with Gasteiger partial charge in [-0.15, -0.1) is 11.3 Å². The van der Waals surface area contributed by atoms with Crippen molar-refractivity contribution in [1.29, 1.82) is 0 Å². The molecule has 0 aliphatic carbocycles. The van der Waals surface area contributed by atoms with E-state index in [1.165, 1.54) is 0 Å². The Kier molecular flexibility index (Phi) is 3.05. The van der Waals surface area contributed by atoms with Crippen LogP contribution in [0.3, 0.4) is 0 Å². The van der Waals surface area contributed by atoms with E-state index in [0.717, 1.165) is 28.4 Å². The number of hydrogen-bond donors (Lipinski definition) is 1. The molecule has 0 aliphatic heterocycles. The van der Waals surface area contributed by atoms with Crippen molar-refractivity contribution in [3.63, 3.8) is 0 Å². The number of aromatic hydroxyl groups is 1. The number of hydrogen-bond acceptors (Lipinski definition) is 4. The van der Waals surface area contributed by atoms with Crippen LogP contribution in [0, 0.1) is 0 Å². The highest BCUT2D eigenvalue weighted by Gasteiger charge is 2.08. The molecule has 0 unspecified atom stereocenters. The highest BCUT2D eigenvalue weighted by atomic mass is 32.1. The quantitative estimate of drug-likeness (QED) is 0.794. The molecule has 19 heavy (non-hydrogen) atoms. The molecule has 2 heterocycles. The minimum atomic E-state index is 0.257. The van der Waals surface area contributed by atoms with Crippen molar-refractivity contribution in [3.05, 3.63) is 42.0 Å². The third-order valence-electron chi connectivity index (χ3n) is 2.85. The molecule has 0 saturated heterocycles. The first-order chi connectivity index (χ1) is 9.26. The number of phenols is 1. The molecule has 0 radical (unpaired) electrons. The number of phenolic OH excluding ortho intramolecular Hbond substituents is 1. The van der Waals surface area contributed by atoms with Gasteiger partial charge in [0.1, 0.15) is 10.8 Å².